The van der Waals surface area contributed by atoms with Crippen LogP contribution in [0.15, 0.2) is 83.5 Å². The van der Waals surface area contributed by atoms with Gasteiger partial charge in [0, 0.05) is 15.6 Å². The van der Waals surface area contributed by atoms with Crippen molar-refractivity contribution < 1.29 is 4.79 Å². The normalized spacial score (nSPS) is 15.2. The molecular weight excluding hydrogens is 391 g/mol. The molecule has 0 spiro atoms. The van der Waals surface area contributed by atoms with E-state index in [-0.39, 0.29) is 5.91 Å². The van der Waals surface area contributed by atoms with E-state index < -0.39 is 0 Å². The average molecular weight is 407 g/mol. The molecule has 0 unspecified atom stereocenters. The molecule has 5 heteroatoms. The number of rotatable bonds is 3. The number of amidine groups is 1. The maximum atomic E-state index is 13.3. The van der Waals surface area contributed by atoms with E-state index in [4.69, 9.17) is 23.2 Å². The van der Waals surface area contributed by atoms with Gasteiger partial charge in [0.1, 0.15) is 11.5 Å². The number of hydrogen-bond donors (Lipinski definition) is 0. The lowest BCUT2D eigenvalue weighted by atomic mass is 10.1. The molecule has 1 aliphatic rings. The summed E-state index contributed by atoms with van der Waals surface area (Å²) in [6.45, 7) is 1.99. The van der Waals surface area contributed by atoms with E-state index in [1.165, 1.54) is 0 Å². The van der Waals surface area contributed by atoms with Gasteiger partial charge in [0.2, 0.25) is 0 Å². The Kier molecular flexibility index (Phi) is 5.03. The van der Waals surface area contributed by atoms with Crippen molar-refractivity contribution in [3.05, 3.63) is 105 Å². The smallest absolute Gasteiger partial charge is 0.266 e. The molecule has 138 valence electrons. The molecule has 0 N–H and O–H groups in total. The van der Waals surface area contributed by atoms with Gasteiger partial charge in [-0.2, -0.15) is 0 Å². The van der Waals surface area contributed by atoms with Crippen molar-refractivity contribution in [1.82, 2.24) is 0 Å². The Balaban J connectivity index is 1.84. The molecule has 0 atom stereocenters. The van der Waals surface area contributed by atoms with E-state index in [0.717, 1.165) is 16.8 Å². The molecule has 0 saturated heterocycles. The summed E-state index contributed by atoms with van der Waals surface area (Å²) in [4.78, 5) is 19.5. The minimum atomic E-state index is -0.199. The highest BCUT2D eigenvalue weighted by molar-refractivity contribution is 6.36. The topological polar surface area (TPSA) is 32.7 Å². The molecule has 3 nitrogen and oxygen atoms in total. The highest BCUT2D eigenvalue weighted by Crippen LogP contribution is 2.30. The van der Waals surface area contributed by atoms with Crippen LogP contribution in [0.4, 0.5) is 5.69 Å². The molecular formula is C23H16Cl2N2O. The van der Waals surface area contributed by atoms with Crippen molar-refractivity contribution >= 4 is 46.7 Å². The first-order valence-corrected chi connectivity index (χ1v) is 9.50. The van der Waals surface area contributed by atoms with Gasteiger partial charge >= 0.3 is 0 Å². The fourth-order valence-electron chi connectivity index (χ4n) is 3.07. The quantitative estimate of drug-likeness (QED) is 0.481. The zero-order chi connectivity index (χ0) is 19.7. The second-order valence-electron chi connectivity index (χ2n) is 6.48. The van der Waals surface area contributed by atoms with Gasteiger partial charge in [-0.25, -0.2) is 4.99 Å². The fourth-order valence-corrected chi connectivity index (χ4v) is 3.53. The Hall–Kier alpha value is -2.88. The molecule has 3 aromatic rings. The lowest BCUT2D eigenvalue weighted by Gasteiger charge is -2.19. The number of aryl methyl sites for hydroxylation is 1. The first kappa shape index (κ1) is 18.5. The van der Waals surface area contributed by atoms with Crippen LogP contribution in [0.2, 0.25) is 10.0 Å². The highest BCUT2D eigenvalue weighted by atomic mass is 35.5. The van der Waals surface area contributed by atoms with Crippen LogP contribution in [0.3, 0.4) is 0 Å². The van der Waals surface area contributed by atoms with Crippen molar-refractivity contribution in [3.63, 3.8) is 0 Å². The summed E-state index contributed by atoms with van der Waals surface area (Å²) in [6, 6.07) is 22.6. The minimum absolute atomic E-state index is 0.199. The van der Waals surface area contributed by atoms with Gasteiger partial charge in [0.25, 0.3) is 5.91 Å². The van der Waals surface area contributed by atoms with E-state index in [1.807, 2.05) is 61.5 Å². The molecule has 28 heavy (non-hydrogen) atoms. The van der Waals surface area contributed by atoms with Crippen LogP contribution >= 0.6 is 23.2 Å². The maximum Gasteiger partial charge on any atom is 0.282 e. The van der Waals surface area contributed by atoms with Gasteiger partial charge in [-0.3, -0.25) is 9.69 Å². The average Bonchev–Trinajstić information content (AvgIpc) is 3.01. The molecule has 1 amide bonds. The second-order valence-corrected chi connectivity index (χ2v) is 7.32. The number of hydrogen-bond acceptors (Lipinski definition) is 2. The molecule has 0 fully saturated rings. The Morgan fingerprint density at radius 3 is 2.43 bits per heavy atom. The Morgan fingerprint density at radius 1 is 0.929 bits per heavy atom. The lowest BCUT2D eigenvalue weighted by molar-refractivity contribution is -0.113. The predicted octanol–water partition coefficient (Wildman–Crippen LogP) is 6.14. The Morgan fingerprint density at radius 2 is 1.71 bits per heavy atom. The van der Waals surface area contributed by atoms with Gasteiger partial charge in [-0.05, 0) is 48.4 Å². The van der Waals surface area contributed by atoms with E-state index in [9.17, 15) is 4.79 Å². The van der Waals surface area contributed by atoms with Crippen LogP contribution in [0, 0.1) is 6.92 Å². The largest absolute Gasteiger partial charge is 0.282 e. The number of aliphatic imine (C=N–C) groups is 1. The molecule has 0 radical (unpaired) electrons. The lowest BCUT2D eigenvalue weighted by Crippen LogP contribution is -2.32. The van der Waals surface area contributed by atoms with Crippen LogP contribution in [-0.4, -0.2) is 11.7 Å². The third-order valence-corrected chi connectivity index (χ3v) is 4.97. The molecule has 0 saturated carbocycles. The SMILES string of the molecule is Cc1cccc(N2C(=O)/C(=C\c3ccc(Cl)cc3Cl)N=C2c2ccccc2)c1. The first-order chi connectivity index (χ1) is 13.5. The van der Waals surface area contributed by atoms with Gasteiger partial charge in [0.15, 0.2) is 0 Å². The molecule has 4 rings (SSSR count). The summed E-state index contributed by atoms with van der Waals surface area (Å²) in [5.41, 5.74) is 3.72. The first-order valence-electron chi connectivity index (χ1n) is 8.75. The third-order valence-electron chi connectivity index (χ3n) is 4.41. The molecule has 1 aliphatic heterocycles. The Labute approximate surface area is 173 Å². The summed E-state index contributed by atoms with van der Waals surface area (Å²) in [6.07, 6.45) is 1.69. The number of carbonyl (C=O) groups is 1. The Bertz CT molecular complexity index is 1120. The van der Waals surface area contributed by atoms with Gasteiger partial charge < -0.3 is 0 Å². The second kappa shape index (κ2) is 7.63. The number of halogens is 2. The van der Waals surface area contributed by atoms with Gasteiger partial charge in [-0.15, -0.1) is 0 Å². The van der Waals surface area contributed by atoms with Crippen molar-refractivity contribution in [1.29, 1.82) is 0 Å². The number of nitrogens with zero attached hydrogens (tertiary/aromatic N) is 2. The zero-order valence-electron chi connectivity index (χ0n) is 15.1. The number of amides is 1. The van der Waals surface area contributed by atoms with Crippen molar-refractivity contribution in [3.8, 4) is 0 Å². The zero-order valence-corrected chi connectivity index (χ0v) is 16.6. The monoisotopic (exact) mass is 406 g/mol. The standard InChI is InChI=1S/C23H16Cl2N2O/c1-15-6-5-9-19(12-15)27-22(16-7-3-2-4-8-16)26-21(23(27)28)13-17-10-11-18(24)14-20(17)25/h2-14H,1H3/b21-13+. The minimum Gasteiger partial charge on any atom is -0.266 e. The van der Waals surface area contributed by atoms with Crippen molar-refractivity contribution in [2.24, 2.45) is 4.99 Å². The number of benzene rings is 3. The van der Waals surface area contributed by atoms with Crippen LogP contribution in [0.5, 0.6) is 0 Å². The molecule has 3 aromatic carbocycles. The molecule has 0 aliphatic carbocycles. The molecule has 0 bridgehead atoms. The number of anilines is 1. The van der Waals surface area contributed by atoms with Crippen LogP contribution in [-0.2, 0) is 4.79 Å². The summed E-state index contributed by atoms with van der Waals surface area (Å²) in [5.74, 6) is 0.392. The maximum absolute atomic E-state index is 13.3. The van der Waals surface area contributed by atoms with Gasteiger partial charge in [0.05, 0.1) is 5.69 Å². The van der Waals surface area contributed by atoms with Crippen LogP contribution in [0.1, 0.15) is 16.7 Å². The summed E-state index contributed by atoms with van der Waals surface area (Å²) < 4.78 is 0. The van der Waals surface area contributed by atoms with Crippen LogP contribution in [0.25, 0.3) is 6.08 Å². The third kappa shape index (κ3) is 3.59. The van der Waals surface area contributed by atoms with E-state index >= 15 is 0 Å². The van der Waals surface area contributed by atoms with E-state index in [1.54, 1.807) is 29.2 Å². The molecule has 1 heterocycles. The summed E-state index contributed by atoms with van der Waals surface area (Å²) in [5, 5.41) is 1.01. The van der Waals surface area contributed by atoms with E-state index in [0.29, 0.717) is 27.1 Å². The van der Waals surface area contributed by atoms with Crippen molar-refractivity contribution in [2.45, 2.75) is 6.92 Å². The van der Waals surface area contributed by atoms with E-state index in [2.05, 4.69) is 4.99 Å². The fraction of sp³-hybridized carbons (Fsp3) is 0.0435. The van der Waals surface area contributed by atoms with Gasteiger partial charge in [-0.1, -0.05) is 71.7 Å². The van der Waals surface area contributed by atoms with Crippen molar-refractivity contribution in [2.75, 3.05) is 4.90 Å². The molecule has 0 aromatic heterocycles. The van der Waals surface area contributed by atoms with Crippen LogP contribution < -0.4 is 4.90 Å². The summed E-state index contributed by atoms with van der Waals surface area (Å²) in [7, 11) is 0. The summed E-state index contributed by atoms with van der Waals surface area (Å²) >= 11 is 12.3. The highest BCUT2D eigenvalue weighted by Gasteiger charge is 2.32. The number of carbonyl (C=O) groups excluding carboxylic acids is 1. The predicted molar refractivity (Wildman–Crippen MR) is 116 cm³/mol.